The molecule has 3 N–H and O–H groups in total. The molecule has 0 fully saturated rings. The number of nitrogens with zero attached hydrogens (tertiary/aromatic N) is 1. The van der Waals surface area contributed by atoms with Gasteiger partial charge in [-0.05, 0) is 19.1 Å². The highest BCUT2D eigenvalue weighted by molar-refractivity contribution is 5.98. The minimum Gasteiger partial charge on any atom is -0.402 e. The highest BCUT2D eigenvalue weighted by Gasteiger charge is 1.97. The van der Waals surface area contributed by atoms with E-state index >= 15 is 0 Å². The number of pyridine rings is 1. The van der Waals surface area contributed by atoms with Crippen molar-refractivity contribution < 1.29 is 4.79 Å². The summed E-state index contributed by atoms with van der Waals surface area (Å²) in [5, 5.41) is 2.57. The van der Waals surface area contributed by atoms with E-state index in [0.29, 0.717) is 11.5 Å². The van der Waals surface area contributed by atoms with Crippen LogP contribution in [0.4, 0.5) is 5.82 Å². The molecule has 0 atom stereocenters. The summed E-state index contributed by atoms with van der Waals surface area (Å²) in [6.07, 6.45) is 2.92. The average Bonchev–Trinajstić information content (AvgIpc) is 2.04. The van der Waals surface area contributed by atoms with Crippen molar-refractivity contribution in [1.29, 1.82) is 0 Å². The van der Waals surface area contributed by atoms with Gasteiger partial charge in [0.25, 0.3) is 5.91 Å². The van der Waals surface area contributed by atoms with E-state index < -0.39 is 0 Å². The molecule has 1 aromatic heterocycles. The zero-order valence-electron chi connectivity index (χ0n) is 7.32. The largest absolute Gasteiger partial charge is 0.402 e. The zero-order valence-corrected chi connectivity index (χ0v) is 7.32. The first-order valence-corrected chi connectivity index (χ1v) is 3.84. The Morgan fingerprint density at radius 2 is 2.38 bits per heavy atom. The minimum atomic E-state index is -0.265. The second kappa shape index (κ2) is 4.25. The summed E-state index contributed by atoms with van der Waals surface area (Å²) in [4.78, 5) is 15.0. The van der Waals surface area contributed by atoms with Gasteiger partial charge in [0.15, 0.2) is 0 Å². The van der Waals surface area contributed by atoms with Gasteiger partial charge in [-0.1, -0.05) is 6.07 Å². The highest BCUT2D eigenvalue weighted by atomic mass is 16.1. The molecule has 0 aromatic carbocycles. The topological polar surface area (TPSA) is 68.0 Å². The number of anilines is 1. The number of carbonyl (C=O) groups is 1. The Morgan fingerprint density at radius 1 is 1.62 bits per heavy atom. The van der Waals surface area contributed by atoms with Crippen LogP contribution >= 0.6 is 0 Å². The Morgan fingerprint density at radius 3 is 2.92 bits per heavy atom. The lowest BCUT2D eigenvalue weighted by atomic mass is 10.4. The summed E-state index contributed by atoms with van der Waals surface area (Å²) in [5.41, 5.74) is 5.79. The lowest BCUT2D eigenvalue weighted by Crippen LogP contribution is -2.11. The van der Waals surface area contributed by atoms with Crippen LogP contribution in [0, 0.1) is 0 Å². The van der Waals surface area contributed by atoms with Crippen LogP contribution < -0.4 is 11.1 Å². The predicted octanol–water partition coefficient (Wildman–Crippen LogP) is 0.883. The first kappa shape index (κ1) is 9.25. The zero-order chi connectivity index (χ0) is 9.68. The third-order valence-corrected chi connectivity index (χ3v) is 1.27. The van der Waals surface area contributed by atoms with Crippen molar-refractivity contribution in [2.24, 2.45) is 5.73 Å². The van der Waals surface area contributed by atoms with Crippen molar-refractivity contribution in [2.75, 3.05) is 5.32 Å². The van der Waals surface area contributed by atoms with Gasteiger partial charge < -0.3 is 11.1 Å². The fourth-order valence-corrected chi connectivity index (χ4v) is 0.806. The number of amides is 1. The van der Waals surface area contributed by atoms with E-state index in [1.165, 1.54) is 6.08 Å². The molecule has 0 radical (unpaired) electrons. The van der Waals surface area contributed by atoms with E-state index in [4.69, 9.17) is 5.73 Å². The molecule has 4 nitrogen and oxygen atoms in total. The molecule has 0 aliphatic heterocycles. The van der Waals surface area contributed by atoms with E-state index in [9.17, 15) is 4.79 Å². The van der Waals surface area contributed by atoms with Crippen LogP contribution in [-0.4, -0.2) is 10.9 Å². The molecule has 0 spiro atoms. The maximum absolute atomic E-state index is 11.1. The van der Waals surface area contributed by atoms with Crippen LogP contribution in [0.1, 0.15) is 6.92 Å². The van der Waals surface area contributed by atoms with E-state index in [2.05, 4.69) is 10.3 Å². The van der Waals surface area contributed by atoms with Crippen LogP contribution in [0.5, 0.6) is 0 Å². The number of carbonyl (C=O) groups excluding carboxylic acids is 1. The van der Waals surface area contributed by atoms with E-state index in [1.54, 1.807) is 31.3 Å². The molecule has 0 aliphatic carbocycles. The van der Waals surface area contributed by atoms with Crippen molar-refractivity contribution >= 4 is 11.7 Å². The van der Waals surface area contributed by atoms with E-state index in [-0.39, 0.29) is 5.91 Å². The Balaban J connectivity index is 2.61. The second-order valence-corrected chi connectivity index (χ2v) is 2.59. The molecule has 1 amide bonds. The van der Waals surface area contributed by atoms with Crippen molar-refractivity contribution in [1.82, 2.24) is 4.98 Å². The Labute approximate surface area is 76.5 Å². The quantitative estimate of drug-likeness (QED) is 0.659. The Hall–Kier alpha value is -1.84. The fraction of sp³-hybridized carbons (Fsp3) is 0.111. The van der Waals surface area contributed by atoms with E-state index in [0.717, 1.165) is 0 Å². The van der Waals surface area contributed by atoms with Crippen LogP contribution in [0.25, 0.3) is 0 Å². The van der Waals surface area contributed by atoms with Crippen LogP contribution in [0.2, 0.25) is 0 Å². The van der Waals surface area contributed by atoms with Gasteiger partial charge in [-0.15, -0.1) is 0 Å². The molecule has 13 heavy (non-hydrogen) atoms. The van der Waals surface area contributed by atoms with Gasteiger partial charge in [0.05, 0.1) is 0 Å². The molecule has 1 aromatic rings. The maximum atomic E-state index is 11.1. The summed E-state index contributed by atoms with van der Waals surface area (Å²) < 4.78 is 0. The molecule has 0 aliphatic rings. The fourth-order valence-electron chi connectivity index (χ4n) is 0.806. The van der Waals surface area contributed by atoms with Gasteiger partial charge in [-0.3, -0.25) is 4.79 Å². The second-order valence-electron chi connectivity index (χ2n) is 2.59. The first-order chi connectivity index (χ1) is 6.18. The number of hydrogen-bond donors (Lipinski definition) is 2. The average molecular weight is 177 g/mol. The summed E-state index contributed by atoms with van der Waals surface area (Å²) in [5.74, 6) is 0.253. The molecule has 1 rings (SSSR count). The smallest absolute Gasteiger partial charge is 0.251 e. The van der Waals surface area contributed by atoms with Gasteiger partial charge in [0, 0.05) is 18.0 Å². The minimum absolute atomic E-state index is 0.265. The normalized spacial score (nSPS) is 11.0. The molecular formula is C9H11N3O. The number of hydrogen-bond acceptors (Lipinski definition) is 3. The molecule has 0 saturated heterocycles. The molecule has 0 saturated carbocycles. The number of nitrogens with two attached hydrogens (primary N) is 1. The van der Waals surface area contributed by atoms with Gasteiger partial charge in [-0.25, -0.2) is 4.98 Å². The van der Waals surface area contributed by atoms with E-state index in [1.807, 2.05) is 0 Å². The standard InChI is InChI=1S/C9H11N3O/c1-7(10)6-9(13)12-8-4-2-3-5-11-8/h2-6H,10H2,1H3,(H,11,12,13). The van der Waals surface area contributed by atoms with Crippen LogP contribution in [0.15, 0.2) is 36.2 Å². The van der Waals surface area contributed by atoms with Gasteiger partial charge in [0.1, 0.15) is 5.82 Å². The number of aromatic nitrogens is 1. The van der Waals surface area contributed by atoms with Gasteiger partial charge in [0.2, 0.25) is 0 Å². The van der Waals surface area contributed by atoms with Crippen molar-refractivity contribution in [3.63, 3.8) is 0 Å². The molecule has 4 heteroatoms. The lowest BCUT2D eigenvalue weighted by molar-refractivity contribution is -0.112. The number of allylic oxidation sites excluding steroid dienone is 1. The van der Waals surface area contributed by atoms with Crippen molar-refractivity contribution in [3.05, 3.63) is 36.2 Å². The van der Waals surface area contributed by atoms with Crippen LogP contribution in [0.3, 0.4) is 0 Å². The number of rotatable bonds is 2. The first-order valence-electron chi connectivity index (χ1n) is 3.84. The summed E-state index contributed by atoms with van der Waals surface area (Å²) in [6, 6.07) is 5.28. The molecular weight excluding hydrogens is 166 g/mol. The molecule has 1 heterocycles. The van der Waals surface area contributed by atoms with Gasteiger partial charge >= 0.3 is 0 Å². The maximum Gasteiger partial charge on any atom is 0.251 e. The van der Waals surface area contributed by atoms with Gasteiger partial charge in [-0.2, -0.15) is 0 Å². The Kier molecular flexibility index (Phi) is 3.03. The molecule has 0 bridgehead atoms. The molecule has 68 valence electrons. The molecule has 0 unspecified atom stereocenters. The van der Waals surface area contributed by atoms with Crippen molar-refractivity contribution in [2.45, 2.75) is 6.92 Å². The lowest BCUT2D eigenvalue weighted by Gasteiger charge is -1.99. The Bertz CT molecular complexity index is 315. The number of nitrogens with one attached hydrogen (secondary N) is 1. The summed E-state index contributed by atoms with van der Waals surface area (Å²) in [6.45, 7) is 1.65. The highest BCUT2D eigenvalue weighted by Crippen LogP contribution is 1.99. The third kappa shape index (κ3) is 3.37. The SMILES string of the molecule is CC(N)=CC(=O)Nc1ccccn1. The van der Waals surface area contributed by atoms with Crippen molar-refractivity contribution in [3.8, 4) is 0 Å². The predicted molar refractivity (Wildman–Crippen MR) is 50.8 cm³/mol. The third-order valence-electron chi connectivity index (χ3n) is 1.27. The van der Waals surface area contributed by atoms with Crippen LogP contribution in [-0.2, 0) is 4.79 Å². The summed E-state index contributed by atoms with van der Waals surface area (Å²) in [7, 11) is 0. The monoisotopic (exact) mass is 177 g/mol. The summed E-state index contributed by atoms with van der Waals surface area (Å²) >= 11 is 0.